The number of carbonyl (C=O) groups excluding carboxylic acids is 1. The fraction of sp³-hybridized carbons (Fsp3) is 0.300. The number of alkyl halides is 6. The van der Waals surface area contributed by atoms with Gasteiger partial charge in [-0.05, 0) is 18.2 Å². The SMILES string of the molecule is CN=NNN(C=O)c1cc(C(F)(F)F)cc(C(F)(F)F)c1. The van der Waals surface area contributed by atoms with Crippen LogP contribution < -0.4 is 10.5 Å². The van der Waals surface area contributed by atoms with Crippen molar-refractivity contribution in [2.24, 2.45) is 10.3 Å². The van der Waals surface area contributed by atoms with Crippen LogP contribution in [0.1, 0.15) is 11.1 Å². The van der Waals surface area contributed by atoms with E-state index in [9.17, 15) is 31.1 Å². The standard InChI is InChI=1S/C10H8F6N4O/c1-17-18-19-20(5-21)8-3-6(9(11,12)13)2-7(4-8)10(14,15)16/h2-5H,1H3,(H,17,19). The van der Waals surface area contributed by atoms with Crippen molar-refractivity contribution < 1.29 is 31.1 Å². The van der Waals surface area contributed by atoms with Crippen LogP contribution in [0.5, 0.6) is 0 Å². The minimum atomic E-state index is -5.00. The number of rotatable bonds is 4. The molecule has 0 aromatic heterocycles. The summed E-state index contributed by atoms with van der Waals surface area (Å²) >= 11 is 0. The minimum absolute atomic E-state index is 0.0374. The smallest absolute Gasteiger partial charge is 0.276 e. The van der Waals surface area contributed by atoms with E-state index in [4.69, 9.17) is 0 Å². The van der Waals surface area contributed by atoms with Gasteiger partial charge in [-0.15, -0.1) is 0 Å². The second-order valence-corrected chi connectivity index (χ2v) is 3.64. The summed E-state index contributed by atoms with van der Waals surface area (Å²) in [5.41, 5.74) is -1.89. The van der Waals surface area contributed by atoms with E-state index in [2.05, 4.69) is 10.3 Å². The van der Waals surface area contributed by atoms with Gasteiger partial charge in [-0.2, -0.15) is 37.0 Å². The van der Waals surface area contributed by atoms with Gasteiger partial charge in [-0.1, -0.05) is 5.22 Å². The zero-order valence-corrected chi connectivity index (χ0v) is 10.3. The second-order valence-electron chi connectivity index (χ2n) is 3.64. The second kappa shape index (κ2) is 5.97. The summed E-state index contributed by atoms with van der Waals surface area (Å²) in [6, 6.07) is 0.706. The summed E-state index contributed by atoms with van der Waals surface area (Å²) in [5, 5.41) is 6.60. The average Bonchev–Trinajstić information content (AvgIpc) is 2.37. The Bertz CT molecular complexity index is 507. The fourth-order valence-electron chi connectivity index (χ4n) is 1.31. The molecule has 0 saturated heterocycles. The maximum absolute atomic E-state index is 12.6. The lowest BCUT2D eigenvalue weighted by molar-refractivity contribution is -0.143. The molecule has 0 unspecified atom stereocenters. The van der Waals surface area contributed by atoms with Crippen LogP contribution in [0.2, 0.25) is 0 Å². The van der Waals surface area contributed by atoms with Gasteiger partial charge < -0.3 is 0 Å². The monoisotopic (exact) mass is 314 g/mol. The number of carbonyl (C=O) groups is 1. The zero-order valence-electron chi connectivity index (χ0n) is 10.3. The molecular formula is C10H8F6N4O. The molecule has 116 valence electrons. The first-order valence-electron chi connectivity index (χ1n) is 5.18. The van der Waals surface area contributed by atoms with Crippen LogP contribution in [0.15, 0.2) is 28.5 Å². The Kier molecular flexibility index (Phi) is 4.76. The lowest BCUT2D eigenvalue weighted by Gasteiger charge is -2.19. The van der Waals surface area contributed by atoms with Crippen LogP contribution in [0.3, 0.4) is 0 Å². The van der Waals surface area contributed by atoms with Gasteiger partial charge in [0.05, 0.1) is 23.9 Å². The highest BCUT2D eigenvalue weighted by molar-refractivity contribution is 5.74. The Morgan fingerprint density at radius 3 is 1.86 bits per heavy atom. The third-order valence-corrected chi connectivity index (χ3v) is 2.21. The number of hydrazine groups is 1. The van der Waals surface area contributed by atoms with E-state index < -0.39 is 29.2 Å². The van der Waals surface area contributed by atoms with Crippen molar-refractivity contribution in [1.29, 1.82) is 0 Å². The summed E-state index contributed by atoms with van der Waals surface area (Å²) in [7, 11) is 1.18. The molecule has 0 aliphatic rings. The molecule has 0 radical (unpaired) electrons. The molecule has 0 fully saturated rings. The van der Waals surface area contributed by atoms with E-state index in [1.165, 1.54) is 7.05 Å². The molecule has 0 saturated carbocycles. The third kappa shape index (κ3) is 4.33. The summed E-state index contributed by atoms with van der Waals surface area (Å²) in [4.78, 5) is 10.7. The molecule has 21 heavy (non-hydrogen) atoms. The van der Waals surface area contributed by atoms with Crippen LogP contribution in [0.25, 0.3) is 0 Å². The van der Waals surface area contributed by atoms with E-state index in [1.54, 1.807) is 0 Å². The van der Waals surface area contributed by atoms with E-state index in [0.29, 0.717) is 17.1 Å². The maximum atomic E-state index is 12.6. The molecule has 0 bridgehead atoms. The molecule has 1 rings (SSSR count). The Morgan fingerprint density at radius 1 is 1.05 bits per heavy atom. The summed E-state index contributed by atoms with van der Waals surface area (Å²) in [5.74, 6) is 0. The van der Waals surface area contributed by atoms with Gasteiger partial charge in [0.2, 0.25) is 6.41 Å². The first kappa shape index (κ1) is 16.7. The van der Waals surface area contributed by atoms with Gasteiger partial charge in [-0.3, -0.25) is 4.79 Å². The highest BCUT2D eigenvalue weighted by atomic mass is 19.4. The van der Waals surface area contributed by atoms with E-state index in [0.717, 1.165) is 0 Å². The van der Waals surface area contributed by atoms with Crippen LogP contribution in [0.4, 0.5) is 32.0 Å². The van der Waals surface area contributed by atoms with E-state index in [1.807, 2.05) is 5.53 Å². The van der Waals surface area contributed by atoms with Crippen LogP contribution in [-0.2, 0) is 17.1 Å². The topological polar surface area (TPSA) is 57.1 Å². The maximum Gasteiger partial charge on any atom is 0.416 e. The van der Waals surface area contributed by atoms with Crippen molar-refractivity contribution in [3.8, 4) is 0 Å². The highest BCUT2D eigenvalue weighted by Gasteiger charge is 2.37. The number of benzene rings is 1. The van der Waals surface area contributed by atoms with Crippen molar-refractivity contribution >= 4 is 12.1 Å². The number of nitrogens with one attached hydrogen (secondary N) is 1. The quantitative estimate of drug-likeness (QED) is 0.401. The first-order valence-corrected chi connectivity index (χ1v) is 5.18. The van der Waals surface area contributed by atoms with Crippen molar-refractivity contribution in [1.82, 2.24) is 5.53 Å². The van der Waals surface area contributed by atoms with Gasteiger partial charge in [0, 0.05) is 0 Å². The fourth-order valence-corrected chi connectivity index (χ4v) is 1.31. The molecule has 0 aliphatic heterocycles. The van der Waals surface area contributed by atoms with Crippen molar-refractivity contribution in [3.05, 3.63) is 29.3 Å². The van der Waals surface area contributed by atoms with Gasteiger partial charge in [-0.25, -0.2) is 5.01 Å². The average molecular weight is 314 g/mol. The van der Waals surface area contributed by atoms with E-state index >= 15 is 0 Å². The Balaban J connectivity index is 3.40. The predicted octanol–water partition coefficient (Wildman–Crippen LogP) is 3.19. The number of nitrogens with zero attached hydrogens (tertiary/aromatic N) is 3. The van der Waals surface area contributed by atoms with E-state index in [-0.39, 0.29) is 12.5 Å². The number of anilines is 1. The molecule has 1 aromatic rings. The first-order chi connectivity index (χ1) is 9.59. The molecule has 1 aromatic carbocycles. The molecule has 1 N–H and O–H groups in total. The van der Waals surface area contributed by atoms with Gasteiger partial charge in [0.25, 0.3) is 0 Å². The summed E-state index contributed by atoms with van der Waals surface area (Å²) < 4.78 is 75.7. The molecule has 0 aliphatic carbocycles. The minimum Gasteiger partial charge on any atom is -0.276 e. The Labute approximate surface area is 114 Å². The van der Waals surface area contributed by atoms with Crippen LogP contribution >= 0.6 is 0 Å². The largest absolute Gasteiger partial charge is 0.416 e. The summed E-state index contributed by atoms with van der Waals surface area (Å²) in [6.45, 7) is 0. The zero-order chi connectivity index (χ0) is 16.3. The highest BCUT2D eigenvalue weighted by Crippen LogP contribution is 2.37. The molecule has 0 heterocycles. The molecule has 1 amide bonds. The number of halogens is 6. The van der Waals surface area contributed by atoms with Gasteiger partial charge in [0.15, 0.2) is 0 Å². The molecule has 0 spiro atoms. The lowest BCUT2D eigenvalue weighted by atomic mass is 10.1. The van der Waals surface area contributed by atoms with Crippen molar-refractivity contribution in [2.45, 2.75) is 12.4 Å². The number of hydrogen-bond donors (Lipinski definition) is 1. The van der Waals surface area contributed by atoms with Crippen LogP contribution in [-0.4, -0.2) is 13.5 Å². The van der Waals surface area contributed by atoms with Crippen LogP contribution in [0, 0.1) is 0 Å². The molecule has 11 heteroatoms. The molecular weight excluding hydrogens is 306 g/mol. The van der Waals surface area contributed by atoms with Gasteiger partial charge in [0.1, 0.15) is 0 Å². The number of amides is 1. The Morgan fingerprint density at radius 2 is 1.52 bits per heavy atom. The van der Waals surface area contributed by atoms with Crippen molar-refractivity contribution in [3.63, 3.8) is 0 Å². The number of hydrogen-bond acceptors (Lipinski definition) is 3. The Hall–Kier alpha value is -2.33. The predicted molar refractivity (Wildman–Crippen MR) is 58.9 cm³/mol. The lowest BCUT2D eigenvalue weighted by Crippen LogP contribution is -2.33. The molecule has 0 atom stereocenters. The normalized spacial score (nSPS) is 12.5. The third-order valence-electron chi connectivity index (χ3n) is 2.21. The van der Waals surface area contributed by atoms with Gasteiger partial charge >= 0.3 is 12.4 Å². The van der Waals surface area contributed by atoms with Crippen molar-refractivity contribution in [2.75, 3.05) is 12.1 Å². The summed E-state index contributed by atoms with van der Waals surface area (Å²) in [6.07, 6.45) is -10.0. The molecule has 5 nitrogen and oxygen atoms in total.